The third-order valence-electron chi connectivity index (χ3n) is 2.58. The summed E-state index contributed by atoms with van der Waals surface area (Å²) in [6.45, 7) is 0.622. The molecule has 0 fully saturated rings. The lowest BCUT2D eigenvalue weighted by Gasteiger charge is -2.10. The van der Waals surface area contributed by atoms with Gasteiger partial charge < -0.3 is 5.32 Å². The molecule has 0 spiro atoms. The van der Waals surface area contributed by atoms with Gasteiger partial charge in [-0.3, -0.25) is 0 Å². The van der Waals surface area contributed by atoms with Crippen LogP contribution in [-0.2, 0) is 6.54 Å². The summed E-state index contributed by atoms with van der Waals surface area (Å²) in [6, 6.07) is 13.3. The fourth-order valence-electron chi connectivity index (χ4n) is 1.58. The molecule has 0 unspecified atom stereocenters. The van der Waals surface area contributed by atoms with Crippen molar-refractivity contribution in [2.45, 2.75) is 6.54 Å². The molecule has 2 aromatic rings. The molecule has 0 atom stereocenters. The average molecular weight is 401 g/mol. The molecule has 0 aromatic heterocycles. The highest BCUT2D eigenvalue weighted by Gasteiger charge is 2.04. The number of halogens is 3. The Morgan fingerprint density at radius 3 is 2.58 bits per heavy atom. The van der Waals surface area contributed by atoms with E-state index in [1.165, 1.54) is 0 Å². The standard InChI is InChI=1S/C14H9Br2ClN2/c15-11-3-2-10(13(17)6-11)8-19-14-4-1-9(7-18)5-12(14)16/h1-6,19H,8H2. The van der Waals surface area contributed by atoms with Crippen LogP contribution in [0.3, 0.4) is 0 Å². The van der Waals surface area contributed by atoms with Gasteiger partial charge in [-0.05, 0) is 51.8 Å². The lowest BCUT2D eigenvalue weighted by Crippen LogP contribution is -2.00. The third-order valence-corrected chi connectivity index (χ3v) is 4.08. The van der Waals surface area contributed by atoms with Gasteiger partial charge >= 0.3 is 0 Å². The van der Waals surface area contributed by atoms with Crippen molar-refractivity contribution in [3.8, 4) is 6.07 Å². The van der Waals surface area contributed by atoms with Gasteiger partial charge in [-0.15, -0.1) is 0 Å². The van der Waals surface area contributed by atoms with Crippen molar-refractivity contribution in [1.29, 1.82) is 5.26 Å². The van der Waals surface area contributed by atoms with Crippen LogP contribution in [0, 0.1) is 11.3 Å². The van der Waals surface area contributed by atoms with Crippen molar-refractivity contribution in [3.63, 3.8) is 0 Å². The van der Waals surface area contributed by atoms with Gasteiger partial charge in [0.1, 0.15) is 0 Å². The lowest BCUT2D eigenvalue weighted by molar-refractivity contribution is 1.14. The molecule has 0 radical (unpaired) electrons. The monoisotopic (exact) mass is 398 g/mol. The molecule has 0 saturated carbocycles. The maximum Gasteiger partial charge on any atom is 0.0992 e. The summed E-state index contributed by atoms with van der Waals surface area (Å²) in [7, 11) is 0. The van der Waals surface area contributed by atoms with E-state index in [4.69, 9.17) is 16.9 Å². The normalized spacial score (nSPS) is 10.0. The molecule has 0 amide bonds. The first-order valence-corrected chi connectivity index (χ1v) is 7.44. The number of rotatable bonds is 3. The SMILES string of the molecule is N#Cc1ccc(NCc2ccc(Br)cc2Cl)c(Br)c1. The second-order valence-corrected chi connectivity index (χ2v) is 6.07. The summed E-state index contributed by atoms with van der Waals surface area (Å²) < 4.78 is 1.82. The largest absolute Gasteiger partial charge is 0.380 e. The maximum atomic E-state index is 8.81. The molecule has 0 saturated heterocycles. The summed E-state index contributed by atoms with van der Waals surface area (Å²) in [4.78, 5) is 0. The predicted molar refractivity (Wildman–Crippen MR) is 85.3 cm³/mol. The van der Waals surface area contributed by atoms with E-state index in [2.05, 4.69) is 43.2 Å². The van der Waals surface area contributed by atoms with Crippen LogP contribution >= 0.6 is 43.5 Å². The Bertz CT molecular complexity index is 650. The van der Waals surface area contributed by atoms with E-state index < -0.39 is 0 Å². The van der Waals surface area contributed by atoms with Gasteiger partial charge in [-0.2, -0.15) is 5.26 Å². The Balaban J connectivity index is 2.13. The molecular formula is C14H9Br2ClN2. The summed E-state index contributed by atoms with van der Waals surface area (Å²) in [6.07, 6.45) is 0. The van der Waals surface area contributed by atoms with E-state index in [0.29, 0.717) is 17.1 Å². The van der Waals surface area contributed by atoms with Gasteiger partial charge in [0.25, 0.3) is 0 Å². The number of benzene rings is 2. The molecule has 0 bridgehead atoms. The molecule has 2 rings (SSSR count). The first-order valence-electron chi connectivity index (χ1n) is 5.47. The highest BCUT2D eigenvalue weighted by Crippen LogP contribution is 2.26. The Kier molecular flexibility index (Phi) is 4.87. The van der Waals surface area contributed by atoms with Crippen LogP contribution in [-0.4, -0.2) is 0 Å². The molecule has 0 aliphatic heterocycles. The summed E-state index contributed by atoms with van der Waals surface area (Å²) in [5, 5.41) is 12.8. The van der Waals surface area contributed by atoms with E-state index in [0.717, 1.165) is 20.2 Å². The zero-order valence-corrected chi connectivity index (χ0v) is 13.7. The van der Waals surface area contributed by atoms with Crippen LogP contribution in [0.5, 0.6) is 0 Å². The number of anilines is 1. The van der Waals surface area contributed by atoms with Gasteiger partial charge in [-0.25, -0.2) is 0 Å². The minimum absolute atomic E-state index is 0.622. The summed E-state index contributed by atoms with van der Waals surface area (Å²) >= 11 is 13.0. The number of nitriles is 1. The first kappa shape index (κ1) is 14.4. The van der Waals surface area contributed by atoms with Gasteiger partial charge in [-0.1, -0.05) is 33.6 Å². The van der Waals surface area contributed by atoms with Crippen LogP contribution in [0.25, 0.3) is 0 Å². The van der Waals surface area contributed by atoms with Crippen LogP contribution in [0.4, 0.5) is 5.69 Å². The Morgan fingerprint density at radius 1 is 1.16 bits per heavy atom. The van der Waals surface area contributed by atoms with Crippen molar-refractivity contribution in [1.82, 2.24) is 0 Å². The topological polar surface area (TPSA) is 35.8 Å². The molecule has 2 nitrogen and oxygen atoms in total. The molecule has 0 aliphatic carbocycles. The van der Waals surface area contributed by atoms with Gasteiger partial charge in [0.05, 0.1) is 11.6 Å². The highest BCUT2D eigenvalue weighted by atomic mass is 79.9. The summed E-state index contributed by atoms with van der Waals surface area (Å²) in [5.74, 6) is 0. The van der Waals surface area contributed by atoms with Gasteiger partial charge in [0.15, 0.2) is 0 Å². The molecule has 0 aliphatic rings. The molecule has 1 N–H and O–H groups in total. The average Bonchev–Trinajstić information content (AvgIpc) is 2.39. The lowest BCUT2D eigenvalue weighted by atomic mass is 10.2. The number of nitrogens with one attached hydrogen (secondary N) is 1. The van der Waals surface area contributed by atoms with Crippen LogP contribution in [0.1, 0.15) is 11.1 Å². The van der Waals surface area contributed by atoms with E-state index in [1.54, 1.807) is 12.1 Å². The predicted octanol–water partition coefficient (Wildman–Crippen LogP) is 5.35. The maximum absolute atomic E-state index is 8.81. The zero-order chi connectivity index (χ0) is 13.8. The number of nitrogens with zero attached hydrogens (tertiary/aromatic N) is 1. The van der Waals surface area contributed by atoms with E-state index >= 15 is 0 Å². The van der Waals surface area contributed by atoms with Crippen molar-refractivity contribution < 1.29 is 0 Å². The minimum atomic E-state index is 0.622. The quantitative estimate of drug-likeness (QED) is 0.754. The number of hydrogen-bond acceptors (Lipinski definition) is 2. The Labute approximate surface area is 133 Å². The van der Waals surface area contributed by atoms with Crippen molar-refractivity contribution >= 4 is 49.1 Å². The zero-order valence-electron chi connectivity index (χ0n) is 9.75. The molecule has 19 heavy (non-hydrogen) atoms. The van der Waals surface area contributed by atoms with E-state index in [-0.39, 0.29) is 0 Å². The second-order valence-electron chi connectivity index (χ2n) is 3.90. The molecular weight excluding hydrogens is 391 g/mol. The highest BCUT2D eigenvalue weighted by molar-refractivity contribution is 9.10. The molecule has 0 heterocycles. The second kappa shape index (κ2) is 6.42. The Morgan fingerprint density at radius 2 is 1.95 bits per heavy atom. The molecule has 96 valence electrons. The van der Waals surface area contributed by atoms with Gasteiger partial charge in [0.2, 0.25) is 0 Å². The smallest absolute Gasteiger partial charge is 0.0992 e. The number of hydrogen-bond donors (Lipinski definition) is 1. The first-order chi connectivity index (χ1) is 9.10. The fourth-order valence-corrected chi connectivity index (χ4v) is 2.84. The summed E-state index contributed by atoms with van der Waals surface area (Å²) in [5.41, 5.74) is 2.57. The van der Waals surface area contributed by atoms with E-state index in [9.17, 15) is 0 Å². The van der Waals surface area contributed by atoms with E-state index in [1.807, 2.05) is 24.3 Å². The molecule has 2 aromatic carbocycles. The Hall–Kier alpha value is -1.02. The van der Waals surface area contributed by atoms with Crippen molar-refractivity contribution in [3.05, 3.63) is 61.5 Å². The third kappa shape index (κ3) is 3.73. The van der Waals surface area contributed by atoms with Gasteiger partial charge in [0, 0.05) is 26.2 Å². The fraction of sp³-hybridized carbons (Fsp3) is 0.0714. The van der Waals surface area contributed by atoms with Crippen LogP contribution < -0.4 is 5.32 Å². The van der Waals surface area contributed by atoms with Crippen LogP contribution in [0.15, 0.2) is 45.3 Å². The molecule has 5 heteroatoms. The van der Waals surface area contributed by atoms with Crippen molar-refractivity contribution in [2.24, 2.45) is 0 Å². The van der Waals surface area contributed by atoms with Crippen molar-refractivity contribution in [2.75, 3.05) is 5.32 Å². The van der Waals surface area contributed by atoms with Crippen LogP contribution in [0.2, 0.25) is 5.02 Å². The minimum Gasteiger partial charge on any atom is -0.380 e.